The van der Waals surface area contributed by atoms with Gasteiger partial charge in [-0.2, -0.15) is 9.13 Å². The smallest absolute Gasteiger partial charge is 0.225 e. The summed E-state index contributed by atoms with van der Waals surface area (Å²) in [5.74, 6) is 2.29. The molecule has 226 valence electrons. The third-order valence-electron chi connectivity index (χ3n) is 10.2. The highest BCUT2D eigenvalue weighted by molar-refractivity contribution is 6.27. The maximum absolute atomic E-state index is 2.45. The van der Waals surface area contributed by atoms with E-state index < -0.39 is 0 Å². The average Bonchev–Trinajstić information content (AvgIpc) is 3.61. The van der Waals surface area contributed by atoms with Gasteiger partial charge in [0.05, 0.1) is 25.2 Å². The minimum atomic E-state index is 1.14. The zero-order valence-electron chi connectivity index (χ0n) is 26.8. The number of nitrogens with zero attached hydrogens (tertiary/aromatic N) is 4. The van der Waals surface area contributed by atoms with Gasteiger partial charge in [-0.05, 0) is 86.9 Å². The quantitative estimate of drug-likeness (QED) is 0.139. The molecular weight excluding hydrogens is 585 g/mol. The Morgan fingerprint density at radius 3 is 1.31 bits per heavy atom. The highest BCUT2D eigenvalue weighted by Gasteiger charge is 2.33. The molecule has 0 aliphatic heterocycles. The summed E-state index contributed by atoms with van der Waals surface area (Å²) in [7, 11) is 4.41. The molecule has 10 rings (SSSR count). The second kappa shape index (κ2) is 10.1. The Labute approximate surface area is 277 Å². The van der Waals surface area contributed by atoms with Crippen molar-refractivity contribution in [3.8, 4) is 34.2 Å². The van der Waals surface area contributed by atoms with Gasteiger partial charge in [-0.25, -0.2) is 9.13 Å². The molecule has 0 aliphatic carbocycles. The molecule has 2 aromatic heterocycles. The first-order valence-corrected chi connectivity index (χ1v) is 16.5. The molecule has 10 aromatic rings. The van der Waals surface area contributed by atoms with Crippen LogP contribution in [0.1, 0.15) is 0 Å². The Balaban J connectivity index is 1.44. The van der Waals surface area contributed by atoms with Gasteiger partial charge in [0.15, 0.2) is 22.1 Å². The Hall–Kier alpha value is -6.26. The minimum absolute atomic E-state index is 1.14. The van der Waals surface area contributed by atoms with E-state index in [4.69, 9.17) is 0 Å². The summed E-state index contributed by atoms with van der Waals surface area (Å²) in [4.78, 5) is 0. The van der Waals surface area contributed by atoms with Crippen molar-refractivity contribution >= 4 is 54.4 Å². The summed E-state index contributed by atoms with van der Waals surface area (Å²) in [6.45, 7) is 0. The van der Waals surface area contributed by atoms with Crippen molar-refractivity contribution in [1.82, 2.24) is 9.13 Å². The SMILES string of the molecule is C[n+]1c(-c2cc(-c3n(-c4ccccc4)c4ccccc4[n+]3C)c3ccc4cccc5ccc2c3c54)n(-c2ccccc2)c2ccccc21. The van der Waals surface area contributed by atoms with Crippen LogP contribution in [0.2, 0.25) is 0 Å². The molecule has 2 heterocycles. The van der Waals surface area contributed by atoms with Gasteiger partial charge in [0.25, 0.3) is 11.6 Å². The molecule has 0 aliphatic rings. The fraction of sp³-hybridized carbons (Fsp3) is 0.0455. The molecule has 0 unspecified atom stereocenters. The number of fused-ring (bicyclic) bond motifs is 2. The maximum Gasteiger partial charge on any atom is 0.295 e. The zero-order valence-corrected chi connectivity index (χ0v) is 26.8. The summed E-state index contributed by atoms with van der Waals surface area (Å²) >= 11 is 0. The Morgan fingerprint density at radius 1 is 0.396 bits per heavy atom. The topological polar surface area (TPSA) is 17.6 Å². The third kappa shape index (κ3) is 3.66. The van der Waals surface area contributed by atoms with Crippen LogP contribution in [0.4, 0.5) is 0 Å². The van der Waals surface area contributed by atoms with Crippen LogP contribution in [-0.2, 0) is 14.1 Å². The molecule has 0 fully saturated rings. The van der Waals surface area contributed by atoms with Crippen molar-refractivity contribution in [2.75, 3.05) is 0 Å². The number of para-hydroxylation sites is 6. The van der Waals surface area contributed by atoms with E-state index in [2.05, 4.69) is 190 Å². The highest BCUT2D eigenvalue weighted by Crippen LogP contribution is 2.44. The van der Waals surface area contributed by atoms with E-state index in [1.54, 1.807) is 0 Å². The molecule has 0 amide bonds. The Morgan fingerprint density at radius 2 is 0.833 bits per heavy atom. The summed E-state index contributed by atoms with van der Waals surface area (Å²) in [5, 5.41) is 7.63. The fourth-order valence-electron chi connectivity index (χ4n) is 8.11. The predicted molar refractivity (Wildman–Crippen MR) is 197 cm³/mol. The molecule has 0 bridgehead atoms. The van der Waals surface area contributed by atoms with Crippen LogP contribution in [-0.4, -0.2) is 9.13 Å². The van der Waals surface area contributed by atoms with Crippen molar-refractivity contribution < 1.29 is 9.13 Å². The molecule has 4 nitrogen and oxygen atoms in total. The number of imidazole rings is 2. The lowest BCUT2D eigenvalue weighted by atomic mass is 9.88. The van der Waals surface area contributed by atoms with Crippen LogP contribution in [0, 0.1) is 0 Å². The highest BCUT2D eigenvalue weighted by atomic mass is 15.2. The second-order valence-electron chi connectivity index (χ2n) is 12.7. The molecule has 48 heavy (non-hydrogen) atoms. The van der Waals surface area contributed by atoms with Crippen molar-refractivity contribution in [3.05, 3.63) is 158 Å². The molecule has 0 saturated heterocycles. The molecule has 0 spiro atoms. The minimum Gasteiger partial charge on any atom is -0.225 e. The number of aryl methyl sites for hydroxylation is 2. The fourth-order valence-corrected chi connectivity index (χ4v) is 8.11. The van der Waals surface area contributed by atoms with Crippen LogP contribution in [0.15, 0.2) is 158 Å². The molecule has 0 radical (unpaired) electrons. The molecule has 8 aromatic carbocycles. The largest absolute Gasteiger partial charge is 0.295 e. The lowest BCUT2D eigenvalue weighted by molar-refractivity contribution is -0.633. The van der Waals surface area contributed by atoms with Gasteiger partial charge in [0.1, 0.15) is 11.4 Å². The average molecular weight is 617 g/mol. The van der Waals surface area contributed by atoms with Crippen LogP contribution < -0.4 is 9.13 Å². The van der Waals surface area contributed by atoms with Gasteiger partial charge in [0, 0.05) is 0 Å². The second-order valence-corrected chi connectivity index (χ2v) is 12.7. The normalized spacial score (nSPS) is 12.0. The Bertz CT molecular complexity index is 2650. The molecule has 0 N–H and O–H groups in total. The number of rotatable bonds is 4. The molecule has 0 atom stereocenters. The van der Waals surface area contributed by atoms with E-state index in [1.807, 2.05) is 0 Å². The van der Waals surface area contributed by atoms with Crippen LogP contribution in [0.25, 0.3) is 88.5 Å². The van der Waals surface area contributed by atoms with Gasteiger partial charge >= 0.3 is 0 Å². The van der Waals surface area contributed by atoms with Gasteiger partial charge in [-0.1, -0.05) is 103 Å². The first-order chi connectivity index (χ1) is 23.7. The van der Waals surface area contributed by atoms with Gasteiger partial charge in [-0.15, -0.1) is 0 Å². The summed E-state index contributed by atoms with van der Waals surface area (Å²) in [5.41, 5.74) is 9.40. The van der Waals surface area contributed by atoms with Gasteiger partial charge in [0.2, 0.25) is 0 Å². The van der Waals surface area contributed by atoms with Gasteiger partial charge < -0.3 is 0 Å². The summed E-state index contributed by atoms with van der Waals surface area (Å²) in [6.07, 6.45) is 0. The number of hydrogen-bond donors (Lipinski definition) is 0. The first-order valence-electron chi connectivity index (χ1n) is 16.5. The van der Waals surface area contributed by atoms with E-state index in [0.29, 0.717) is 0 Å². The third-order valence-corrected chi connectivity index (χ3v) is 10.2. The molecule has 0 saturated carbocycles. The molecule has 4 heteroatoms. The lowest BCUT2D eigenvalue weighted by Crippen LogP contribution is -2.31. The van der Waals surface area contributed by atoms with Crippen molar-refractivity contribution in [1.29, 1.82) is 0 Å². The molecular formula is C44H32N4+2. The lowest BCUT2D eigenvalue weighted by Gasteiger charge is -2.16. The van der Waals surface area contributed by atoms with E-state index in [0.717, 1.165) is 23.0 Å². The van der Waals surface area contributed by atoms with E-state index in [-0.39, 0.29) is 0 Å². The van der Waals surface area contributed by atoms with E-state index >= 15 is 0 Å². The maximum atomic E-state index is 2.45. The van der Waals surface area contributed by atoms with E-state index in [1.165, 1.54) is 65.5 Å². The monoisotopic (exact) mass is 616 g/mol. The van der Waals surface area contributed by atoms with Crippen LogP contribution in [0.3, 0.4) is 0 Å². The predicted octanol–water partition coefficient (Wildman–Crippen LogP) is 9.45. The summed E-state index contributed by atoms with van der Waals surface area (Å²) in [6, 6.07) is 57.3. The van der Waals surface area contributed by atoms with Crippen molar-refractivity contribution in [3.63, 3.8) is 0 Å². The van der Waals surface area contributed by atoms with Crippen molar-refractivity contribution in [2.45, 2.75) is 0 Å². The standard InChI is InChI=1S/C44H32N4/c1-45-37-20-9-11-22-39(37)47(31-16-5-3-6-17-31)43(45)35-28-36(34-27-25-30-15-13-14-29-24-26-33(35)42(34)41(29)30)44-46(2)38-21-10-12-23-40(38)48(44)32-18-7-4-8-19-32/h3-28H,1-2H3/q+2. The Kier molecular flexibility index (Phi) is 5.67. The first kappa shape index (κ1) is 26.9. The number of aromatic nitrogens is 4. The van der Waals surface area contributed by atoms with Crippen molar-refractivity contribution in [2.24, 2.45) is 14.1 Å². The van der Waals surface area contributed by atoms with E-state index in [9.17, 15) is 0 Å². The number of hydrogen-bond acceptors (Lipinski definition) is 0. The van der Waals surface area contributed by atoms with Crippen LogP contribution in [0.5, 0.6) is 0 Å². The van der Waals surface area contributed by atoms with Gasteiger partial charge in [-0.3, -0.25) is 0 Å². The summed E-state index contributed by atoms with van der Waals surface area (Å²) < 4.78 is 9.59. The zero-order chi connectivity index (χ0) is 31.9. The van der Waals surface area contributed by atoms with Crippen LogP contribution >= 0.6 is 0 Å². The number of benzene rings is 8.